The van der Waals surface area contributed by atoms with Crippen LogP contribution in [0.5, 0.6) is 0 Å². The monoisotopic (exact) mass is 239 g/mol. The molecule has 3 rings (SSSR count). The molecule has 0 bridgehead atoms. The minimum absolute atomic E-state index is 0.353. The number of rotatable bonds is 3. The van der Waals surface area contributed by atoms with Gasteiger partial charge in [0.15, 0.2) is 0 Å². The van der Waals surface area contributed by atoms with Crippen LogP contribution in [0.4, 0.5) is 0 Å². The fraction of sp³-hybridized carbons (Fsp3) is 1.00. The Balaban J connectivity index is 1.41. The van der Waals surface area contributed by atoms with Crippen molar-refractivity contribution in [2.45, 2.75) is 37.3 Å². The zero-order chi connectivity index (χ0) is 11.7. The second-order valence-electron chi connectivity index (χ2n) is 6.07. The standard InChI is InChI=1S/C13H25N3O/c17-13(3-1-2-4-13)11-15-9-12(10-15)16-7-5-14-6-8-16/h12,14,17H,1-11H2. The maximum atomic E-state index is 10.4. The molecule has 0 unspecified atom stereocenters. The van der Waals surface area contributed by atoms with Crippen LogP contribution in [0.3, 0.4) is 0 Å². The summed E-state index contributed by atoms with van der Waals surface area (Å²) in [6.45, 7) is 7.92. The minimum Gasteiger partial charge on any atom is -0.389 e. The predicted octanol–water partition coefficient (Wildman–Crippen LogP) is -0.119. The first kappa shape index (κ1) is 11.9. The second kappa shape index (κ2) is 4.84. The minimum atomic E-state index is -0.353. The number of hydrogen-bond acceptors (Lipinski definition) is 4. The van der Waals surface area contributed by atoms with Gasteiger partial charge in [0.05, 0.1) is 5.60 Å². The highest BCUT2D eigenvalue weighted by Crippen LogP contribution is 2.31. The van der Waals surface area contributed by atoms with Gasteiger partial charge >= 0.3 is 0 Å². The van der Waals surface area contributed by atoms with Crippen molar-refractivity contribution in [2.24, 2.45) is 0 Å². The lowest BCUT2D eigenvalue weighted by molar-refractivity contribution is -0.0436. The number of piperazine rings is 1. The van der Waals surface area contributed by atoms with E-state index in [1.807, 2.05) is 0 Å². The number of hydrogen-bond donors (Lipinski definition) is 2. The van der Waals surface area contributed by atoms with Crippen LogP contribution in [0, 0.1) is 0 Å². The lowest BCUT2D eigenvalue weighted by Crippen LogP contribution is -2.64. The summed E-state index contributed by atoms with van der Waals surface area (Å²) >= 11 is 0. The van der Waals surface area contributed by atoms with E-state index in [0.717, 1.165) is 38.5 Å². The van der Waals surface area contributed by atoms with Crippen LogP contribution in [0.2, 0.25) is 0 Å². The van der Waals surface area contributed by atoms with Crippen LogP contribution >= 0.6 is 0 Å². The molecule has 0 atom stereocenters. The predicted molar refractivity (Wildman–Crippen MR) is 68.1 cm³/mol. The second-order valence-corrected chi connectivity index (χ2v) is 6.07. The molecular formula is C13H25N3O. The van der Waals surface area contributed by atoms with Crippen molar-refractivity contribution in [3.05, 3.63) is 0 Å². The highest BCUT2D eigenvalue weighted by molar-refractivity contribution is 4.95. The highest BCUT2D eigenvalue weighted by atomic mass is 16.3. The summed E-state index contributed by atoms with van der Waals surface area (Å²) < 4.78 is 0. The fourth-order valence-corrected chi connectivity index (χ4v) is 3.56. The van der Waals surface area contributed by atoms with Gasteiger partial charge in [-0.1, -0.05) is 12.8 Å². The molecule has 0 aromatic heterocycles. The van der Waals surface area contributed by atoms with Gasteiger partial charge in [0.1, 0.15) is 0 Å². The molecule has 3 fully saturated rings. The van der Waals surface area contributed by atoms with Crippen LogP contribution in [0.15, 0.2) is 0 Å². The molecule has 0 amide bonds. The highest BCUT2D eigenvalue weighted by Gasteiger charge is 2.39. The number of nitrogens with zero attached hydrogens (tertiary/aromatic N) is 2. The van der Waals surface area contributed by atoms with Crippen LogP contribution in [0.1, 0.15) is 25.7 Å². The Kier molecular flexibility index (Phi) is 3.39. The first-order chi connectivity index (χ1) is 8.25. The fourth-order valence-electron chi connectivity index (χ4n) is 3.56. The van der Waals surface area contributed by atoms with E-state index in [0.29, 0.717) is 0 Å². The van der Waals surface area contributed by atoms with E-state index in [2.05, 4.69) is 15.1 Å². The Bertz CT molecular complexity index is 253. The molecule has 2 heterocycles. The summed E-state index contributed by atoms with van der Waals surface area (Å²) in [7, 11) is 0. The first-order valence-corrected chi connectivity index (χ1v) is 7.15. The summed E-state index contributed by atoms with van der Waals surface area (Å²) in [4.78, 5) is 5.05. The van der Waals surface area contributed by atoms with Gasteiger partial charge in [-0.2, -0.15) is 0 Å². The molecule has 1 aliphatic carbocycles. The number of likely N-dealkylation sites (tertiary alicyclic amines) is 1. The van der Waals surface area contributed by atoms with Crippen molar-refractivity contribution in [1.82, 2.24) is 15.1 Å². The molecule has 17 heavy (non-hydrogen) atoms. The largest absolute Gasteiger partial charge is 0.389 e. The molecule has 3 aliphatic rings. The van der Waals surface area contributed by atoms with Gasteiger partial charge in [-0.15, -0.1) is 0 Å². The van der Waals surface area contributed by atoms with Crippen molar-refractivity contribution < 1.29 is 5.11 Å². The molecule has 0 aromatic rings. The Morgan fingerprint density at radius 2 is 1.76 bits per heavy atom. The van der Waals surface area contributed by atoms with Crippen molar-refractivity contribution in [2.75, 3.05) is 45.8 Å². The van der Waals surface area contributed by atoms with Crippen molar-refractivity contribution in [3.63, 3.8) is 0 Å². The van der Waals surface area contributed by atoms with Gasteiger partial charge in [-0.05, 0) is 12.8 Å². The molecule has 2 N–H and O–H groups in total. The smallest absolute Gasteiger partial charge is 0.0774 e. The zero-order valence-corrected chi connectivity index (χ0v) is 10.7. The van der Waals surface area contributed by atoms with Crippen molar-refractivity contribution in [3.8, 4) is 0 Å². The quantitative estimate of drug-likeness (QED) is 0.720. The molecule has 2 saturated heterocycles. The molecular weight excluding hydrogens is 214 g/mol. The van der Waals surface area contributed by atoms with E-state index in [1.54, 1.807) is 0 Å². The number of nitrogens with one attached hydrogen (secondary N) is 1. The molecule has 4 nitrogen and oxygen atoms in total. The molecule has 0 aromatic carbocycles. The Morgan fingerprint density at radius 1 is 1.12 bits per heavy atom. The summed E-state index contributed by atoms with van der Waals surface area (Å²) in [6.07, 6.45) is 4.46. The average molecular weight is 239 g/mol. The van der Waals surface area contributed by atoms with E-state index in [-0.39, 0.29) is 5.60 Å². The normalized spacial score (nSPS) is 31.6. The number of aliphatic hydroxyl groups is 1. The lowest BCUT2D eigenvalue weighted by Gasteiger charge is -2.48. The molecule has 4 heteroatoms. The van der Waals surface area contributed by atoms with Crippen LogP contribution in [-0.4, -0.2) is 72.4 Å². The van der Waals surface area contributed by atoms with Gasteiger partial charge in [0.25, 0.3) is 0 Å². The maximum absolute atomic E-state index is 10.4. The first-order valence-electron chi connectivity index (χ1n) is 7.15. The van der Waals surface area contributed by atoms with Crippen LogP contribution < -0.4 is 5.32 Å². The maximum Gasteiger partial charge on any atom is 0.0774 e. The Labute approximate surface area is 104 Å². The molecule has 2 aliphatic heterocycles. The summed E-state index contributed by atoms with van der Waals surface area (Å²) in [5.74, 6) is 0. The summed E-state index contributed by atoms with van der Waals surface area (Å²) in [5.41, 5.74) is -0.353. The van der Waals surface area contributed by atoms with Gasteiger partial charge in [-0.25, -0.2) is 0 Å². The van der Waals surface area contributed by atoms with E-state index in [9.17, 15) is 5.11 Å². The van der Waals surface area contributed by atoms with E-state index < -0.39 is 0 Å². The molecule has 1 saturated carbocycles. The van der Waals surface area contributed by atoms with E-state index >= 15 is 0 Å². The van der Waals surface area contributed by atoms with Crippen molar-refractivity contribution >= 4 is 0 Å². The average Bonchev–Trinajstić information content (AvgIpc) is 2.72. The third-order valence-electron chi connectivity index (χ3n) is 4.66. The molecule has 0 radical (unpaired) electrons. The van der Waals surface area contributed by atoms with E-state index in [1.165, 1.54) is 39.0 Å². The van der Waals surface area contributed by atoms with Gasteiger partial charge in [0, 0.05) is 51.9 Å². The van der Waals surface area contributed by atoms with Crippen LogP contribution in [0.25, 0.3) is 0 Å². The summed E-state index contributed by atoms with van der Waals surface area (Å²) in [5, 5.41) is 13.8. The molecule has 98 valence electrons. The topological polar surface area (TPSA) is 38.7 Å². The van der Waals surface area contributed by atoms with Crippen LogP contribution in [-0.2, 0) is 0 Å². The van der Waals surface area contributed by atoms with Crippen molar-refractivity contribution in [1.29, 1.82) is 0 Å². The lowest BCUT2D eigenvalue weighted by atomic mass is 9.97. The third kappa shape index (κ3) is 2.65. The Hall–Kier alpha value is -0.160. The third-order valence-corrected chi connectivity index (χ3v) is 4.66. The number of β-amino-alcohol motifs (C(OH)–C–C–N with tert-alkyl or cyclic N) is 1. The molecule has 0 spiro atoms. The van der Waals surface area contributed by atoms with Gasteiger partial charge < -0.3 is 10.4 Å². The SMILES string of the molecule is OC1(CN2CC(N3CCNCC3)C2)CCCC1. The Morgan fingerprint density at radius 3 is 2.41 bits per heavy atom. The van der Waals surface area contributed by atoms with E-state index in [4.69, 9.17) is 0 Å². The van der Waals surface area contributed by atoms with Gasteiger partial charge in [0.2, 0.25) is 0 Å². The zero-order valence-electron chi connectivity index (χ0n) is 10.7. The van der Waals surface area contributed by atoms with Gasteiger partial charge in [-0.3, -0.25) is 9.80 Å². The summed E-state index contributed by atoms with van der Waals surface area (Å²) in [6, 6.07) is 0.752.